The molecule has 0 amide bonds. The van der Waals surface area contributed by atoms with Crippen molar-refractivity contribution in [2.75, 3.05) is 0 Å². The molecule has 98 valence electrons. The van der Waals surface area contributed by atoms with Crippen molar-refractivity contribution in [3.63, 3.8) is 0 Å². The second-order valence-corrected chi connectivity index (χ2v) is 9.16. The summed E-state index contributed by atoms with van der Waals surface area (Å²) in [6, 6.07) is 2.21. The van der Waals surface area contributed by atoms with E-state index >= 15 is 0 Å². The molecule has 4 heteroatoms. The van der Waals surface area contributed by atoms with Crippen LogP contribution in [0.1, 0.15) is 62.3 Å². The average molecular weight is 447 g/mol. The van der Waals surface area contributed by atoms with Gasteiger partial charge in [-0.1, -0.05) is 61.4 Å². The van der Waals surface area contributed by atoms with E-state index < -0.39 is 0 Å². The van der Waals surface area contributed by atoms with Crippen LogP contribution in [0.3, 0.4) is 0 Å². The largest absolute Gasteiger partial charge is 0.121 e. The molecule has 0 aliphatic heterocycles. The second-order valence-electron chi connectivity index (χ2n) is 4.30. The van der Waals surface area contributed by atoms with Crippen molar-refractivity contribution in [1.29, 1.82) is 0 Å². The summed E-state index contributed by atoms with van der Waals surface area (Å²) in [7, 11) is 0. The van der Waals surface area contributed by atoms with Crippen LogP contribution in [0.15, 0.2) is 13.6 Å². The first-order chi connectivity index (χ1) is 8.15. The Morgan fingerprint density at radius 2 is 1.76 bits per heavy atom. The van der Waals surface area contributed by atoms with Gasteiger partial charge in [0, 0.05) is 4.83 Å². The maximum Gasteiger partial charge on any atom is 0.0753 e. The van der Waals surface area contributed by atoms with E-state index in [-0.39, 0.29) is 0 Å². The molecule has 1 rings (SSSR count). The first-order valence-electron chi connectivity index (χ1n) is 6.24. The Balaban J connectivity index is 2.21. The van der Waals surface area contributed by atoms with E-state index in [1.807, 2.05) is 0 Å². The zero-order chi connectivity index (χ0) is 12.7. The maximum absolute atomic E-state index is 3.79. The van der Waals surface area contributed by atoms with Crippen LogP contribution >= 0.6 is 59.1 Å². The monoisotopic (exact) mass is 444 g/mol. The molecule has 0 spiro atoms. The number of alkyl halides is 1. The number of unbranched alkanes of at least 4 members (excludes halogenated alkanes) is 5. The van der Waals surface area contributed by atoms with Gasteiger partial charge in [0.05, 0.1) is 7.57 Å². The van der Waals surface area contributed by atoms with Crippen LogP contribution in [0, 0.1) is 0 Å². The minimum atomic E-state index is 0.491. The summed E-state index contributed by atoms with van der Waals surface area (Å²) in [5.41, 5.74) is 1.38. The molecule has 0 aliphatic carbocycles. The Bertz CT molecular complexity index is 322. The Morgan fingerprint density at radius 1 is 1.12 bits per heavy atom. The highest BCUT2D eigenvalue weighted by atomic mass is 79.9. The molecule has 0 aromatic carbocycles. The Hall–Kier alpha value is 1.14. The van der Waals surface area contributed by atoms with Crippen molar-refractivity contribution < 1.29 is 0 Å². The normalized spacial score (nSPS) is 12.9. The summed E-state index contributed by atoms with van der Waals surface area (Å²) in [6.45, 7) is 2.26. The average Bonchev–Trinajstić information content (AvgIpc) is 2.62. The fourth-order valence-corrected chi connectivity index (χ4v) is 5.94. The smallest absolute Gasteiger partial charge is 0.0753 e. The number of halogens is 3. The molecule has 0 fully saturated rings. The van der Waals surface area contributed by atoms with E-state index in [1.54, 1.807) is 11.3 Å². The number of rotatable bonds is 8. The standard InChI is InChI=1S/C13H19Br3S/c1-2-3-4-5-6-7-8-11(14)10-9-12(15)17-13(10)16/h9,11H,2-8H2,1H3. The van der Waals surface area contributed by atoms with E-state index in [1.165, 1.54) is 58.1 Å². The molecule has 0 aliphatic rings. The van der Waals surface area contributed by atoms with Gasteiger partial charge in [-0.25, -0.2) is 0 Å². The SMILES string of the molecule is CCCCCCCCC(Br)c1cc(Br)sc1Br. The van der Waals surface area contributed by atoms with Crippen molar-refractivity contribution in [3.05, 3.63) is 19.2 Å². The van der Waals surface area contributed by atoms with Crippen LogP contribution in [0.25, 0.3) is 0 Å². The lowest BCUT2D eigenvalue weighted by Gasteiger charge is -2.08. The zero-order valence-corrected chi connectivity index (χ0v) is 15.7. The summed E-state index contributed by atoms with van der Waals surface area (Å²) < 4.78 is 2.45. The third-order valence-electron chi connectivity index (χ3n) is 2.83. The topological polar surface area (TPSA) is 0 Å². The minimum absolute atomic E-state index is 0.491. The van der Waals surface area contributed by atoms with Crippen molar-refractivity contribution in [2.24, 2.45) is 0 Å². The molecule has 1 aromatic heterocycles. The molecule has 0 radical (unpaired) electrons. The van der Waals surface area contributed by atoms with Crippen molar-refractivity contribution in [1.82, 2.24) is 0 Å². The summed E-state index contributed by atoms with van der Waals surface area (Å²) in [5, 5.41) is 0. The summed E-state index contributed by atoms with van der Waals surface area (Å²) in [6.07, 6.45) is 9.43. The lowest BCUT2D eigenvalue weighted by Crippen LogP contribution is -1.89. The van der Waals surface area contributed by atoms with E-state index in [9.17, 15) is 0 Å². The van der Waals surface area contributed by atoms with E-state index in [0.717, 1.165) is 0 Å². The molecule has 0 nitrogen and oxygen atoms in total. The van der Waals surface area contributed by atoms with Crippen molar-refractivity contribution in [3.8, 4) is 0 Å². The van der Waals surface area contributed by atoms with Crippen LogP contribution in [-0.2, 0) is 0 Å². The molecule has 1 aromatic rings. The summed E-state index contributed by atoms with van der Waals surface area (Å²) in [4.78, 5) is 0.491. The second kappa shape index (κ2) is 9.11. The molecule has 1 heterocycles. The van der Waals surface area contributed by atoms with Gasteiger partial charge >= 0.3 is 0 Å². The van der Waals surface area contributed by atoms with E-state index in [0.29, 0.717) is 4.83 Å². The van der Waals surface area contributed by atoms with Crippen LogP contribution in [0.5, 0.6) is 0 Å². The van der Waals surface area contributed by atoms with Crippen LogP contribution in [-0.4, -0.2) is 0 Å². The highest BCUT2D eigenvalue weighted by Crippen LogP contribution is 2.40. The minimum Gasteiger partial charge on any atom is -0.121 e. The lowest BCUT2D eigenvalue weighted by atomic mass is 10.1. The maximum atomic E-state index is 3.79. The molecule has 1 unspecified atom stereocenters. The fraction of sp³-hybridized carbons (Fsp3) is 0.692. The quantitative estimate of drug-likeness (QED) is 0.287. The molecular weight excluding hydrogens is 428 g/mol. The van der Waals surface area contributed by atoms with Gasteiger partial charge in [0.25, 0.3) is 0 Å². The predicted octanol–water partition coefficient (Wildman–Crippen LogP) is 7.46. The molecule has 17 heavy (non-hydrogen) atoms. The van der Waals surface area contributed by atoms with E-state index in [2.05, 4.69) is 60.8 Å². The lowest BCUT2D eigenvalue weighted by molar-refractivity contribution is 0.588. The Labute approximate surface area is 134 Å². The van der Waals surface area contributed by atoms with Gasteiger partial charge in [0.2, 0.25) is 0 Å². The summed E-state index contributed by atoms with van der Waals surface area (Å²) in [5.74, 6) is 0. The predicted molar refractivity (Wildman–Crippen MR) is 89.4 cm³/mol. The number of hydrogen-bond acceptors (Lipinski definition) is 1. The van der Waals surface area contributed by atoms with Crippen molar-refractivity contribution in [2.45, 2.75) is 56.7 Å². The third-order valence-corrected chi connectivity index (χ3v) is 6.17. The first kappa shape index (κ1) is 16.2. The molecule has 0 bridgehead atoms. The molecule has 0 N–H and O–H groups in total. The fourth-order valence-electron chi connectivity index (χ4n) is 1.83. The van der Waals surface area contributed by atoms with Gasteiger partial charge < -0.3 is 0 Å². The Kier molecular flexibility index (Phi) is 8.68. The zero-order valence-electron chi connectivity index (χ0n) is 10.1. The van der Waals surface area contributed by atoms with Gasteiger partial charge in [-0.05, 0) is 49.9 Å². The first-order valence-corrected chi connectivity index (χ1v) is 9.55. The van der Waals surface area contributed by atoms with Crippen LogP contribution in [0.4, 0.5) is 0 Å². The van der Waals surface area contributed by atoms with Gasteiger partial charge in [-0.15, -0.1) is 11.3 Å². The molecular formula is C13H19Br3S. The number of hydrogen-bond donors (Lipinski definition) is 0. The van der Waals surface area contributed by atoms with Crippen molar-refractivity contribution >= 4 is 59.1 Å². The van der Waals surface area contributed by atoms with Gasteiger partial charge in [0.1, 0.15) is 0 Å². The van der Waals surface area contributed by atoms with E-state index in [4.69, 9.17) is 0 Å². The third kappa shape index (κ3) is 6.22. The molecule has 0 saturated heterocycles. The highest BCUT2D eigenvalue weighted by Gasteiger charge is 2.13. The van der Waals surface area contributed by atoms with Crippen LogP contribution in [0.2, 0.25) is 0 Å². The molecule has 1 atom stereocenters. The van der Waals surface area contributed by atoms with Gasteiger partial charge in [-0.2, -0.15) is 0 Å². The number of thiophene rings is 1. The van der Waals surface area contributed by atoms with Gasteiger partial charge in [0.15, 0.2) is 0 Å². The van der Waals surface area contributed by atoms with Gasteiger partial charge in [-0.3, -0.25) is 0 Å². The molecule has 0 saturated carbocycles. The Morgan fingerprint density at radius 3 is 2.35 bits per heavy atom. The van der Waals surface area contributed by atoms with Crippen LogP contribution < -0.4 is 0 Å². The highest BCUT2D eigenvalue weighted by molar-refractivity contribution is 9.12. The summed E-state index contributed by atoms with van der Waals surface area (Å²) >= 11 is 12.7.